The van der Waals surface area contributed by atoms with Crippen molar-refractivity contribution in [2.75, 3.05) is 37.6 Å². The van der Waals surface area contributed by atoms with Crippen LogP contribution in [0.2, 0.25) is 0 Å². The van der Waals surface area contributed by atoms with Crippen LogP contribution in [0.15, 0.2) is 73.1 Å². The van der Waals surface area contributed by atoms with E-state index in [4.69, 9.17) is 0 Å². The van der Waals surface area contributed by atoms with Gasteiger partial charge in [0.25, 0.3) is 5.91 Å². The number of rotatable bonds is 6. The summed E-state index contributed by atoms with van der Waals surface area (Å²) in [6, 6.07) is 15.9. The number of benzene rings is 2. The molecule has 160 valence electrons. The SMILES string of the molecule is O=C(NC[C@H](c1cccnc1)N1CCN(c2ccc(F)cc2)CC1)c1ccc(F)cc1. The second kappa shape index (κ2) is 9.66. The molecule has 0 spiro atoms. The van der Waals surface area contributed by atoms with Crippen molar-refractivity contribution in [1.29, 1.82) is 0 Å². The molecule has 1 amide bonds. The van der Waals surface area contributed by atoms with Crippen LogP contribution in [-0.2, 0) is 0 Å². The summed E-state index contributed by atoms with van der Waals surface area (Å²) in [5.41, 5.74) is 2.45. The molecule has 7 heteroatoms. The molecule has 1 fully saturated rings. The van der Waals surface area contributed by atoms with Crippen molar-refractivity contribution in [3.05, 3.63) is 95.8 Å². The second-order valence-electron chi connectivity index (χ2n) is 7.52. The van der Waals surface area contributed by atoms with Crippen LogP contribution in [0.4, 0.5) is 14.5 Å². The fourth-order valence-corrected chi connectivity index (χ4v) is 3.87. The maximum atomic E-state index is 13.2. The highest BCUT2D eigenvalue weighted by Gasteiger charge is 2.26. The van der Waals surface area contributed by atoms with Gasteiger partial charge in [0.05, 0.1) is 6.04 Å². The summed E-state index contributed by atoms with van der Waals surface area (Å²) in [5, 5.41) is 2.98. The van der Waals surface area contributed by atoms with Gasteiger partial charge in [-0.2, -0.15) is 0 Å². The molecular formula is C24H24F2N4O. The Kier molecular flexibility index (Phi) is 6.52. The first-order valence-electron chi connectivity index (χ1n) is 10.3. The number of carbonyl (C=O) groups excluding carboxylic acids is 1. The lowest BCUT2D eigenvalue weighted by Gasteiger charge is -2.40. The van der Waals surface area contributed by atoms with Gasteiger partial charge in [-0.3, -0.25) is 14.7 Å². The summed E-state index contributed by atoms with van der Waals surface area (Å²) in [6.45, 7) is 3.60. The summed E-state index contributed by atoms with van der Waals surface area (Å²) >= 11 is 0. The molecule has 0 bridgehead atoms. The molecule has 2 heterocycles. The number of aromatic nitrogens is 1. The fourth-order valence-electron chi connectivity index (χ4n) is 3.87. The topological polar surface area (TPSA) is 48.5 Å². The van der Waals surface area contributed by atoms with E-state index in [-0.39, 0.29) is 23.6 Å². The minimum Gasteiger partial charge on any atom is -0.369 e. The largest absolute Gasteiger partial charge is 0.369 e. The first-order valence-corrected chi connectivity index (χ1v) is 10.3. The number of halogens is 2. The van der Waals surface area contributed by atoms with Crippen molar-refractivity contribution in [3.63, 3.8) is 0 Å². The Morgan fingerprint density at radius 2 is 1.58 bits per heavy atom. The van der Waals surface area contributed by atoms with Crippen LogP contribution >= 0.6 is 0 Å². The number of hydrogen-bond acceptors (Lipinski definition) is 4. The number of hydrogen-bond donors (Lipinski definition) is 1. The number of anilines is 1. The lowest BCUT2D eigenvalue weighted by molar-refractivity contribution is 0.0930. The van der Waals surface area contributed by atoms with Crippen molar-refractivity contribution in [1.82, 2.24) is 15.2 Å². The summed E-state index contributed by atoms with van der Waals surface area (Å²) in [4.78, 5) is 21.3. The van der Waals surface area contributed by atoms with Gasteiger partial charge in [0.2, 0.25) is 0 Å². The highest BCUT2D eigenvalue weighted by atomic mass is 19.1. The summed E-state index contributed by atoms with van der Waals surface area (Å²) in [7, 11) is 0. The van der Waals surface area contributed by atoms with E-state index in [1.807, 2.05) is 18.3 Å². The Morgan fingerprint density at radius 3 is 2.19 bits per heavy atom. The zero-order valence-corrected chi connectivity index (χ0v) is 17.0. The molecular weight excluding hydrogens is 398 g/mol. The molecule has 5 nitrogen and oxygen atoms in total. The van der Waals surface area contributed by atoms with Gasteiger partial charge in [-0.15, -0.1) is 0 Å². The molecule has 31 heavy (non-hydrogen) atoms. The third-order valence-electron chi connectivity index (χ3n) is 5.58. The van der Waals surface area contributed by atoms with Gasteiger partial charge in [-0.05, 0) is 60.2 Å². The van der Waals surface area contributed by atoms with E-state index in [2.05, 4.69) is 20.1 Å². The number of pyridine rings is 1. The van der Waals surface area contributed by atoms with Crippen LogP contribution in [0.5, 0.6) is 0 Å². The van der Waals surface area contributed by atoms with E-state index in [9.17, 15) is 13.6 Å². The Hall–Kier alpha value is -3.32. The van der Waals surface area contributed by atoms with E-state index in [1.54, 1.807) is 18.3 Å². The van der Waals surface area contributed by atoms with Gasteiger partial charge in [0.15, 0.2) is 0 Å². The van der Waals surface area contributed by atoms with E-state index in [1.165, 1.54) is 36.4 Å². The minimum absolute atomic E-state index is 0.0338. The molecule has 1 aliphatic heterocycles. The van der Waals surface area contributed by atoms with E-state index in [0.717, 1.165) is 37.4 Å². The molecule has 3 aromatic rings. The van der Waals surface area contributed by atoms with Gasteiger partial charge >= 0.3 is 0 Å². The molecule has 1 N–H and O–H groups in total. The summed E-state index contributed by atoms with van der Waals surface area (Å²) < 4.78 is 26.4. The van der Waals surface area contributed by atoms with Crippen molar-refractivity contribution in [2.24, 2.45) is 0 Å². The molecule has 1 aromatic heterocycles. The molecule has 1 saturated heterocycles. The summed E-state index contributed by atoms with van der Waals surface area (Å²) in [6.07, 6.45) is 3.55. The predicted molar refractivity (Wildman–Crippen MR) is 116 cm³/mol. The molecule has 1 atom stereocenters. The van der Waals surface area contributed by atoms with Gasteiger partial charge in [0.1, 0.15) is 11.6 Å². The Bertz CT molecular complexity index is 988. The fraction of sp³-hybridized carbons (Fsp3) is 0.250. The van der Waals surface area contributed by atoms with Crippen LogP contribution in [0.3, 0.4) is 0 Å². The summed E-state index contributed by atoms with van der Waals surface area (Å²) in [5.74, 6) is -0.849. The number of piperazine rings is 1. The van der Waals surface area contributed by atoms with Crippen LogP contribution in [0.25, 0.3) is 0 Å². The van der Waals surface area contributed by atoms with Crippen molar-refractivity contribution >= 4 is 11.6 Å². The number of amides is 1. The van der Waals surface area contributed by atoms with Gasteiger partial charge in [-0.25, -0.2) is 8.78 Å². The molecule has 4 rings (SSSR count). The molecule has 2 aromatic carbocycles. The first-order chi connectivity index (χ1) is 15.1. The van der Waals surface area contributed by atoms with Gasteiger partial charge in [-0.1, -0.05) is 6.07 Å². The second-order valence-corrected chi connectivity index (χ2v) is 7.52. The van der Waals surface area contributed by atoms with Gasteiger partial charge in [0, 0.05) is 56.4 Å². The average Bonchev–Trinajstić information content (AvgIpc) is 2.81. The quantitative estimate of drug-likeness (QED) is 0.659. The number of carbonyl (C=O) groups is 1. The van der Waals surface area contributed by atoms with E-state index >= 15 is 0 Å². The lowest BCUT2D eigenvalue weighted by Crippen LogP contribution is -2.50. The Balaban J connectivity index is 1.43. The molecule has 0 radical (unpaired) electrons. The highest BCUT2D eigenvalue weighted by Crippen LogP contribution is 2.24. The molecule has 0 saturated carbocycles. The molecule has 0 aliphatic carbocycles. The van der Waals surface area contributed by atoms with Crippen LogP contribution in [-0.4, -0.2) is 48.5 Å². The van der Waals surface area contributed by atoms with Crippen LogP contribution in [0.1, 0.15) is 22.0 Å². The monoisotopic (exact) mass is 422 g/mol. The van der Waals surface area contributed by atoms with Crippen LogP contribution < -0.4 is 10.2 Å². The highest BCUT2D eigenvalue weighted by molar-refractivity contribution is 5.94. The number of nitrogens with one attached hydrogen (secondary N) is 1. The average molecular weight is 422 g/mol. The normalized spacial score (nSPS) is 15.5. The third kappa shape index (κ3) is 5.24. The third-order valence-corrected chi connectivity index (χ3v) is 5.58. The Labute approximate surface area is 180 Å². The van der Waals surface area contributed by atoms with Crippen molar-refractivity contribution < 1.29 is 13.6 Å². The lowest BCUT2D eigenvalue weighted by atomic mass is 10.1. The molecule has 0 unspecified atom stereocenters. The molecule has 1 aliphatic rings. The van der Waals surface area contributed by atoms with E-state index < -0.39 is 0 Å². The first kappa shape index (κ1) is 20.9. The smallest absolute Gasteiger partial charge is 0.251 e. The standard InChI is InChI=1S/C24H24F2N4O/c25-20-5-3-18(4-6-20)24(31)28-17-23(19-2-1-11-27-16-19)30-14-12-29(13-15-30)22-9-7-21(26)8-10-22/h1-11,16,23H,12-15,17H2,(H,28,31)/t23-/m1/s1. The number of nitrogens with zero attached hydrogens (tertiary/aromatic N) is 3. The zero-order valence-electron chi connectivity index (χ0n) is 17.0. The maximum Gasteiger partial charge on any atom is 0.251 e. The predicted octanol–water partition coefficient (Wildman–Crippen LogP) is 3.65. The maximum absolute atomic E-state index is 13.2. The van der Waals surface area contributed by atoms with Crippen LogP contribution in [0, 0.1) is 11.6 Å². The van der Waals surface area contributed by atoms with Crippen molar-refractivity contribution in [3.8, 4) is 0 Å². The van der Waals surface area contributed by atoms with Crippen molar-refractivity contribution in [2.45, 2.75) is 6.04 Å². The zero-order chi connectivity index (χ0) is 21.6. The van der Waals surface area contributed by atoms with Gasteiger partial charge < -0.3 is 10.2 Å². The van der Waals surface area contributed by atoms with E-state index in [0.29, 0.717) is 12.1 Å². The Morgan fingerprint density at radius 1 is 0.935 bits per heavy atom. The minimum atomic E-state index is -0.371.